The quantitative estimate of drug-likeness (QED) is 0.783. The molecule has 1 aliphatic heterocycles. The average Bonchev–Trinajstić information content (AvgIpc) is 3.16. The second-order valence-corrected chi connectivity index (χ2v) is 6.83. The van der Waals surface area contributed by atoms with E-state index in [-0.39, 0.29) is 17.9 Å². The summed E-state index contributed by atoms with van der Waals surface area (Å²) in [5, 5.41) is 4.65. The molecule has 1 amide bonds. The Morgan fingerprint density at radius 3 is 2.91 bits per heavy atom. The first-order valence-electron chi connectivity index (χ1n) is 7.70. The normalized spacial score (nSPS) is 19.1. The van der Waals surface area contributed by atoms with E-state index in [2.05, 4.69) is 5.32 Å². The van der Waals surface area contributed by atoms with Crippen LogP contribution in [0.2, 0.25) is 0 Å². The molecule has 1 saturated heterocycles. The lowest BCUT2D eigenvalue weighted by Crippen LogP contribution is -2.41. The van der Waals surface area contributed by atoms with E-state index in [4.69, 9.17) is 9.47 Å². The number of nitrogens with one attached hydrogen (secondary N) is 1. The summed E-state index contributed by atoms with van der Waals surface area (Å²) >= 11 is 1.31. The summed E-state index contributed by atoms with van der Waals surface area (Å²) in [4.78, 5) is 24.9. The highest BCUT2D eigenvalue weighted by Gasteiger charge is 2.26. The molecular weight excluding hydrogens is 302 g/mol. The van der Waals surface area contributed by atoms with Crippen molar-refractivity contribution in [1.29, 1.82) is 0 Å². The molecule has 0 radical (unpaired) electrons. The van der Waals surface area contributed by atoms with Crippen LogP contribution in [-0.2, 0) is 14.3 Å². The Morgan fingerprint density at radius 1 is 1.50 bits per heavy atom. The minimum atomic E-state index is -0.754. The van der Waals surface area contributed by atoms with Gasteiger partial charge >= 0.3 is 5.97 Å². The lowest BCUT2D eigenvalue weighted by Gasteiger charge is -2.20. The van der Waals surface area contributed by atoms with Crippen LogP contribution < -0.4 is 5.32 Å². The van der Waals surface area contributed by atoms with Crippen LogP contribution in [-0.4, -0.2) is 37.2 Å². The third-order valence-corrected chi connectivity index (χ3v) is 4.33. The van der Waals surface area contributed by atoms with E-state index in [1.54, 1.807) is 12.1 Å². The molecule has 0 saturated carbocycles. The molecule has 122 valence electrons. The van der Waals surface area contributed by atoms with Crippen molar-refractivity contribution in [2.45, 2.75) is 45.3 Å². The molecule has 1 N–H and O–H groups in total. The first-order chi connectivity index (χ1) is 10.6. The molecule has 1 fully saturated rings. The number of carbonyl (C=O) groups is 2. The largest absolute Gasteiger partial charge is 0.448 e. The predicted octanol–water partition coefficient (Wildman–Crippen LogP) is 2.61. The van der Waals surface area contributed by atoms with Gasteiger partial charge in [-0.05, 0) is 36.6 Å². The maximum Gasteiger partial charge on any atom is 0.349 e. The topological polar surface area (TPSA) is 64.6 Å². The fraction of sp³-hybridized carbons (Fsp3) is 0.625. The van der Waals surface area contributed by atoms with Crippen molar-refractivity contribution in [3.05, 3.63) is 22.4 Å². The summed E-state index contributed by atoms with van der Waals surface area (Å²) in [5.41, 5.74) is 0. The molecule has 2 heterocycles. The fourth-order valence-electron chi connectivity index (χ4n) is 2.35. The molecule has 0 aliphatic carbocycles. The molecule has 22 heavy (non-hydrogen) atoms. The van der Waals surface area contributed by atoms with Gasteiger partial charge in [0.25, 0.3) is 5.91 Å². The lowest BCUT2D eigenvalue weighted by atomic mass is 10.1. The zero-order chi connectivity index (χ0) is 15.9. The highest BCUT2D eigenvalue weighted by molar-refractivity contribution is 7.11. The van der Waals surface area contributed by atoms with Gasteiger partial charge in [-0.2, -0.15) is 0 Å². The van der Waals surface area contributed by atoms with Crippen LogP contribution in [0.1, 0.15) is 42.8 Å². The Hall–Kier alpha value is -1.40. The second-order valence-electron chi connectivity index (χ2n) is 5.88. The zero-order valence-corrected chi connectivity index (χ0v) is 13.9. The zero-order valence-electron chi connectivity index (χ0n) is 13.0. The van der Waals surface area contributed by atoms with Crippen LogP contribution in [0.5, 0.6) is 0 Å². The maximum absolute atomic E-state index is 12.3. The summed E-state index contributed by atoms with van der Waals surface area (Å²) in [6, 6.07) is 3.49. The van der Waals surface area contributed by atoms with Crippen molar-refractivity contribution in [2.75, 3.05) is 13.2 Å². The minimum Gasteiger partial charge on any atom is -0.448 e. The van der Waals surface area contributed by atoms with Gasteiger partial charge in [0.1, 0.15) is 4.88 Å². The molecule has 1 aromatic heterocycles. The SMILES string of the molecule is CC(C)C[C@@H](OC(=O)c1cccs1)C(=O)NC[C@@H]1CCCO1. The second kappa shape index (κ2) is 8.29. The summed E-state index contributed by atoms with van der Waals surface area (Å²) in [6.07, 6.45) is 1.83. The Bertz CT molecular complexity index is 480. The first-order valence-corrected chi connectivity index (χ1v) is 8.58. The average molecular weight is 325 g/mol. The number of rotatable bonds is 7. The van der Waals surface area contributed by atoms with Gasteiger partial charge in [-0.15, -0.1) is 11.3 Å². The molecule has 6 heteroatoms. The molecule has 0 unspecified atom stereocenters. The van der Waals surface area contributed by atoms with Crippen molar-refractivity contribution in [3.63, 3.8) is 0 Å². The number of thiophene rings is 1. The van der Waals surface area contributed by atoms with Crippen molar-refractivity contribution < 1.29 is 19.1 Å². The van der Waals surface area contributed by atoms with Crippen LogP contribution in [0.3, 0.4) is 0 Å². The molecule has 1 aromatic rings. The molecule has 2 atom stereocenters. The van der Waals surface area contributed by atoms with E-state index in [0.29, 0.717) is 17.8 Å². The number of ether oxygens (including phenoxy) is 2. The van der Waals surface area contributed by atoms with Crippen LogP contribution in [0.4, 0.5) is 0 Å². The van der Waals surface area contributed by atoms with E-state index in [0.717, 1.165) is 19.4 Å². The highest BCUT2D eigenvalue weighted by atomic mass is 32.1. The van der Waals surface area contributed by atoms with Gasteiger partial charge in [0.2, 0.25) is 0 Å². The van der Waals surface area contributed by atoms with E-state index in [9.17, 15) is 9.59 Å². The molecule has 5 nitrogen and oxygen atoms in total. The molecule has 0 spiro atoms. The molecular formula is C16H23NO4S. The predicted molar refractivity (Wildman–Crippen MR) is 85.0 cm³/mol. The van der Waals surface area contributed by atoms with Crippen LogP contribution in [0, 0.1) is 5.92 Å². The van der Waals surface area contributed by atoms with Crippen molar-refractivity contribution in [1.82, 2.24) is 5.32 Å². The Kier molecular flexibility index (Phi) is 6.39. The minimum absolute atomic E-state index is 0.0802. The van der Waals surface area contributed by atoms with E-state index in [1.807, 2.05) is 19.2 Å². The number of hydrogen-bond donors (Lipinski definition) is 1. The van der Waals surface area contributed by atoms with E-state index in [1.165, 1.54) is 11.3 Å². The monoisotopic (exact) mass is 325 g/mol. The van der Waals surface area contributed by atoms with Crippen LogP contribution in [0.15, 0.2) is 17.5 Å². The summed E-state index contributed by atoms with van der Waals surface area (Å²) in [6.45, 7) is 5.23. The van der Waals surface area contributed by atoms with Gasteiger partial charge in [0.05, 0.1) is 6.10 Å². The number of amides is 1. The van der Waals surface area contributed by atoms with Gasteiger partial charge < -0.3 is 14.8 Å². The Labute approximate surface area is 135 Å². The van der Waals surface area contributed by atoms with Gasteiger partial charge in [0.15, 0.2) is 6.10 Å². The Balaban J connectivity index is 1.89. The highest BCUT2D eigenvalue weighted by Crippen LogP contribution is 2.16. The van der Waals surface area contributed by atoms with Gasteiger partial charge in [0, 0.05) is 13.2 Å². The number of carbonyl (C=O) groups excluding carboxylic acids is 2. The van der Waals surface area contributed by atoms with E-state index < -0.39 is 12.1 Å². The van der Waals surface area contributed by atoms with Crippen molar-refractivity contribution in [2.24, 2.45) is 5.92 Å². The Morgan fingerprint density at radius 2 is 2.32 bits per heavy atom. The molecule has 2 rings (SSSR count). The third kappa shape index (κ3) is 5.10. The number of hydrogen-bond acceptors (Lipinski definition) is 5. The molecule has 1 aliphatic rings. The van der Waals surface area contributed by atoms with Gasteiger partial charge in [-0.25, -0.2) is 4.79 Å². The lowest BCUT2D eigenvalue weighted by molar-refractivity contribution is -0.131. The van der Waals surface area contributed by atoms with Crippen LogP contribution >= 0.6 is 11.3 Å². The standard InChI is InChI=1S/C16H23NO4S/c1-11(2)9-13(21-16(19)14-6-4-8-22-14)15(18)17-10-12-5-3-7-20-12/h4,6,8,11-13H,3,5,7,9-10H2,1-2H3,(H,17,18)/t12-,13+/m0/s1. The fourth-order valence-corrected chi connectivity index (χ4v) is 2.96. The van der Waals surface area contributed by atoms with Crippen LogP contribution in [0.25, 0.3) is 0 Å². The van der Waals surface area contributed by atoms with Crippen molar-refractivity contribution in [3.8, 4) is 0 Å². The van der Waals surface area contributed by atoms with Crippen molar-refractivity contribution >= 4 is 23.2 Å². The van der Waals surface area contributed by atoms with Gasteiger partial charge in [-0.1, -0.05) is 19.9 Å². The first kappa shape index (κ1) is 17.0. The summed E-state index contributed by atoms with van der Waals surface area (Å²) in [7, 11) is 0. The summed E-state index contributed by atoms with van der Waals surface area (Å²) in [5.74, 6) is -0.420. The van der Waals surface area contributed by atoms with Gasteiger partial charge in [-0.3, -0.25) is 4.79 Å². The number of esters is 1. The smallest absolute Gasteiger partial charge is 0.349 e. The van der Waals surface area contributed by atoms with E-state index >= 15 is 0 Å². The maximum atomic E-state index is 12.3. The summed E-state index contributed by atoms with van der Waals surface area (Å²) < 4.78 is 10.9. The molecule has 0 bridgehead atoms. The third-order valence-electron chi connectivity index (χ3n) is 3.48. The molecule has 0 aromatic carbocycles.